The quantitative estimate of drug-likeness (QED) is 0.828. The van der Waals surface area contributed by atoms with E-state index in [0.717, 1.165) is 6.42 Å². The number of sulfonamides is 2. The number of rotatable bonds is 5. The van der Waals surface area contributed by atoms with Gasteiger partial charge in [-0.1, -0.05) is 18.2 Å². The molecule has 0 amide bonds. The van der Waals surface area contributed by atoms with E-state index in [2.05, 4.69) is 14.4 Å². The maximum Gasteiger partial charge on any atom is 0.262 e. The molecule has 132 valence electrons. The van der Waals surface area contributed by atoms with E-state index in [4.69, 9.17) is 0 Å². The minimum Gasteiger partial charge on any atom is -0.280 e. The fourth-order valence-corrected chi connectivity index (χ4v) is 4.52. The topological polar surface area (TPSA) is 105 Å². The van der Waals surface area contributed by atoms with E-state index in [1.165, 1.54) is 36.4 Å². The third kappa shape index (κ3) is 4.18. The van der Waals surface area contributed by atoms with E-state index < -0.39 is 20.0 Å². The molecule has 0 aliphatic carbocycles. The molecule has 0 radical (unpaired) electrons. The Hall–Kier alpha value is -2.39. The van der Waals surface area contributed by atoms with Gasteiger partial charge in [-0.15, -0.1) is 0 Å². The number of hydrogen-bond acceptors (Lipinski definition) is 5. The Morgan fingerprint density at radius 3 is 1.96 bits per heavy atom. The van der Waals surface area contributed by atoms with Crippen molar-refractivity contribution in [2.75, 3.05) is 11.3 Å². The van der Waals surface area contributed by atoms with Gasteiger partial charge in [-0.25, -0.2) is 16.8 Å². The molecule has 0 saturated heterocycles. The predicted octanol–water partition coefficient (Wildman–Crippen LogP) is 1.96. The van der Waals surface area contributed by atoms with Crippen LogP contribution in [0.25, 0.3) is 0 Å². The van der Waals surface area contributed by atoms with Crippen molar-refractivity contribution in [1.29, 1.82) is 0 Å². The van der Waals surface area contributed by atoms with Gasteiger partial charge in [0.15, 0.2) is 0 Å². The van der Waals surface area contributed by atoms with Crippen LogP contribution in [0.3, 0.4) is 0 Å². The lowest BCUT2D eigenvalue weighted by Crippen LogP contribution is -2.29. The van der Waals surface area contributed by atoms with Crippen molar-refractivity contribution in [1.82, 2.24) is 4.72 Å². The summed E-state index contributed by atoms with van der Waals surface area (Å²) in [5, 5.41) is 0. The lowest BCUT2D eigenvalue weighted by Gasteiger charge is -2.10. The molecule has 25 heavy (non-hydrogen) atoms. The predicted molar refractivity (Wildman–Crippen MR) is 95.6 cm³/mol. The van der Waals surface area contributed by atoms with Crippen LogP contribution >= 0.6 is 0 Å². The van der Waals surface area contributed by atoms with Crippen molar-refractivity contribution in [3.63, 3.8) is 0 Å². The molecule has 3 rings (SSSR count). The molecule has 7 nitrogen and oxygen atoms in total. The van der Waals surface area contributed by atoms with Gasteiger partial charge in [-0.3, -0.25) is 14.4 Å². The molecule has 0 spiro atoms. The maximum atomic E-state index is 12.3. The Morgan fingerprint density at radius 2 is 1.36 bits per heavy atom. The standard InChI is InChI=1S/C16H17N3O4S2/c20-24(21,14-5-2-1-3-6-14)18-13-8-10-15(11-9-13)25(22,23)19-16-7-4-12-17-16/h1-3,5-6,8-11,18H,4,7,12H2,(H,17,19). The molecule has 1 aliphatic rings. The minimum absolute atomic E-state index is 0.0461. The average Bonchev–Trinajstić information content (AvgIpc) is 3.08. The number of aliphatic imine (C=N–C) groups is 1. The first-order chi connectivity index (χ1) is 11.9. The first-order valence-corrected chi connectivity index (χ1v) is 10.6. The van der Waals surface area contributed by atoms with E-state index in [1.54, 1.807) is 18.2 Å². The highest BCUT2D eigenvalue weighted by Crippen LogP contribution is 2.18. The van der Waals surface area contributed by atoms with E-state index in [0.29, 0.717) is 18.8 Å². The van der Waals surface area contributed by atoms with Gasteiger partial charge in [0.25, 0.3) is 20.0 Å². The fourth-order valence-electron chi connectivity index (χ4n) is 2.35. The lowest BCUT2D eigenvalue weighted by atomic mass is 10.3. The van der Waals surface area contributed by atoms with Crippen LogP contribution in [0.15, 0.2) is 69.4 Å². The number of benzene rings is 2. The van der Waals surface area contributed by atoms with Crippen molar-refractivity contribution in [2.45, 2.75) is 22.6 Å². The summed E-state index contributed by atoms with van der Waals surface area (Å²) < 4.78 is 53.9. The van der Waals surface area contributed by atoms with Crippen LogP contribution in [-0.2, 0) is 20.0 Å². The van der Waals surface area contributed by atoms with Gasteiger partial charge in [0.05, 0.1) is 9.79 Å². The van der Waals surface area contributed by atoms with Crippen molar-refractivity contribution >= 4 is 31.6 Å². The van der Waals surface area contributed by atoms with Gasteiger partial charge < -0.3 is 0 Å². The zero-order chi connectivity index (χ0) is 17.9. The summed E-state index contributed by atoms with van der Waals surface area (Å²) in [5.41, 5.74) is 0.279. The molecule has 0 saturated carbocycles. The second kappa shape index (κ2) is 6.85. The molecule has 1 aliphatic heterocycles. The molecule has 2 aromatic rings. The van der Waals surface area contributed by atoms with E-state index >= 15 is 0 Å². The molecule has 0 fully saturated rings. The summed E-state index contributed by atoms with van der Waals surface area (Å²) in [5.74, 6) is 0.453. The molecule has 0 bridgehead atoms. The second-order valence-corrected chi connectivity index (χ2v) is 8.85. The van der Waals surface area contributed by atoms with Crippen LogP contribution in [-0.4, -0.2) is 29.2 Å². The van der Waals surface area contributed by atoms with Crippen LogP contribution < -0.4 is 9.44 Å². The van der Waals surface area contributed by atoms with E-state index in [-0.39, 0.29) is 15.5 Å². The van der Waals surface area contributed by atoms with Crippen molar-refractivity contribution in [2.24, 2.45) is 4.99 Å². The summed E-state index contributed by atoms with van der Waals surface area (Å²) in [6, 6.07) is 13.4. The molecule has 9 heteroatoms. The Balaban J connectivity index is 1.76. The molecular weight excluding hydrogens is 362 g/mol. The fraction of sp³-hybridized carbons (Fsp3) is 0.188. The van der Waals surface area contributed by atoms with Gasteiger partial charge in [0.1, 0.15) is 5.84 Å². The highest BCUT2D eigenvalue weighted by Gasteiger charge is 2.19. The monoisotopic (exact) mass is 379 g/mol. The highest BCUT2D eigenvalue weighted by atomic mass is 32.2. The SMILES string of the molecule is O=S(=O)(NC1=NCCC1)c1ccc(NS(=O)(=O)c2ccccc2)cc1. The second-order valence-electron chi connectivity index (χ2n) is 5.48. The Labute approximate surface area is 146 Å². The Morgan fingerprint density at radius 1 is 0.760 bits per heavy atom. The summed E-state index contributed by atoms with van der Waals surface area (Å²) in [6.07, 6.45) is 1.44. The van der Waals surface area contributed by atoms with E-state index in [9.17, 15) is 16.8 Å². The summed E-state index contributed by atoms with van der Waals surface area (Å²) >= 11 is 0. The van der Waals surface area contributed by atoms with Crippen molar-refractivity contribution in [3.8, 4) is 0 Å². The normalized spacial score (nSPS) is 14.8. The zero-order valence-electron chi connectivity index (χ0n) is 13.2. The number of nitrogens with one attached hydrogen (secondary N) is 2. The molecule has 0 aromatic heterocycles. The average molecular weight is 379 g/mol. The molecule has 0 atom stereocenters. The molecule has 2 aromatic carbocycles. The van der Waals surface area contributed by atoms with Crippen molar-refractivity contribution in [3.05, 3.63) is 54.6 Å². The third-order valence-corrected chi connectivity index (χ3v) is 6.39. The molecule has 0 unspecified atom stereocenters. The Kier molecular flexibility index (Phi) is 4.78. The van der Waals surface area contributed by atoms with Gasteiger partial charge >= 0.3 is 0 Å². The lowest BCUT2D eigenvalue weighted by molar-refractivity contribution is 0.592. The van der Waals surface area contributed by atoms with Crippen LogP contribution in [0.5, 0.6) is 0 Å². The van der Waals surface area contributed by atoms with E-state index in [1.807, 2.05) is 0 Å². The number of nitrogens with zero attached hydrogens (tertiary/aromatic N) is 1. The minimum atomic E-state index is -3.71. The summed E-state index contributed by atoms with van der Waals surface area (Å²) in [6.45, 7) is 0.623. The highest BCUT2D eigenvalue weighted by molar-refractivity contribution is 7.92. The third-order valence-electron chi connectivity index (χ3n) is 3.60. The summed E-state index contributed by atoms with van der Waals surface area (Å²) in [4.78, 5) is 4.26. The first-order valence-electron chi connectivity index (χ1n) is 7.61. The van der Waals surface area contributed by atoms with Crippen molar-refractivity contribution < 1.29 is 16.8 Å². The molecule has 2 N–H and O–H groups in total. The number of hydrogen-bond donors (Lipinski definition) is 2. The molecular formula is C16H17N3O4S2. The largest absolute Gasteiger partial charge is 0.280 e. The van der Waals surface area contributed by atoms with Crippen LogP contribution in [0.1, 0.15) is 12.8 Å². The first kappa shape index (κ1) is 17.4. The zero-order valence-corrected chi connectivity index (χ0v) is 14.8. The van der Waals surface area contributed by atoms with Crippen LogP contribution in [0, 0.1) is 0 Å². The maximum absolute atomic E-state index is 12.3. The van der Waals surface area contributed by atoms with Crippen LogP contribution in [0.4, 0.5) is 5.69 Å². The van der Waals surface area contributed by atoms with Gasteiger partial charge in [0, 0.05) is 18.7 Å². The van der Waals surface area contributed by atoms with Gasteiger partial charge in [0.2, 0.25) is 0 Å². The molecule has 1 heterocycles. The number of amidine groups is 1. The number of anilines is 1. The van der Waals surface area contributed by atoms with Crippen LogP contribution in [0.2, 0.25) is 0 Å². The van der Waals surface area contributed by atoms with Gasteiger partial charge in [-0.05, 0) is 42.8 Å². The smallest absolute Gasteiger partial charge is 0.262 e. The Bertz CT molecular complexity index is 983. The van der Waals surface area contributed by atoms with Gasteiger partial charge in [-0.2, -0.15) is 0 Å². The summed E-state index contributed by atoms with van der Waals surface area (Å²) in [7, 11) is -7.43.